The first-order chi connectivity index (χ1) is 5.94. The number of hydrogen-bond donors (Lipinski definition) is 1. The Hall–Kier alpha value is -0.670. The smallest absolute Gasteiger partial charge is 0.163 e. The third-order valence-corrected chi connectivity index (χ3v) is 3.29. The fourth-order valence-electron chi connectivity index (χ4n) is 1.06. The Bertz CT molecular complexity index is 314. The second-order valence-corrected chi connectivity index (χ2v) is 5.14. The fraction of sp³-hybridized carbons (Fsp3) is 0.400. The minimum atomic E-state index is -1.83. The lowest BCUT2D eigenvalue weighted by atomic mass is 10.0. The lowest BCUT2D eigenvalue weighted by Crippen LogP contribution is -2.22. The standard InChI is InChI=1S/C10H14O2S/c1-8-4-6-9(7-5-8)10(2,3)13(11)12/h4-7H,1-3H3,(H,11,12). The van der Waals surface area contributed by atoms with Crippen LogP contribution in [0.3, 0.4) is 0 Å². The van der Waals surface area contributed by atoms with E-state index in [-0.39, 0.29) is 0 Å². The molecule has 1 aromatic rings. The predicted molar refractivity (Wildman–Crippen MR) is 55.0 cm³/mol. The molecular weight excluding hydrogens is 184 g/mol. The molecule has 0 saturated heterocycles. The van der Waals surface area contributed by atoms with Crippen molar-refractivity contribution in [1.29, 1.82) is 0 Å². The average Bonchev–Trinajstić information content (AvgIpc) is 2.04. The van der Waals surface area contributed by atoms with Crippen LogP contribution in [-0.4, -0.2) is 8.76 Å². The van der Waals surface area contributed by atoms with E-state index in [1.54, 1.807) is 13.8 Å². The summed E-state index contributed by atoms with van der Waals surface area (Å²) in [7, 11) is 0. The Balaban J connectivity index is 3.08. The van der Waals surface area contributed by atoms with Crippen LogP contribution in [-0.2, 0) is 15.8 Å². The molecular formula is C10H14O2S. The van der Waals surface area contributed by atoms with Crippen LogP contribution < -0.4 is 0 Å². The lowest BCUT2D eigenvalue weighted by molar-refractivity contribution is 0.523. The van der Waals surface area contributed by atoms with Gasteiger partial charge in [0.25, 0.3) is 0 Å². The maximum Gasteiger partial charge on any atom is 0.163 e. The summed E-state index contributed by atoms with van der Waals surface area (Å²) in [5.41, 5.74) is 2.04. The van der Waals surface area contributed by atoms with Gasteiger partial charge in [0.15, 0.2) is 11.1 Å². The fourth-order valence-corrected chi connectivity index (χ4v) is 1.39. The molecule has 1 unspecified atom stereocenters. The first-order valence-corrected chi connectivity index (χ1v) is 5.23. The summed E-state index contributed by atoms with van der Waals surface area (Å²) >= 11 is -1.83. The highest BCUT2D eigenvalue weighted by Gasteiger charge is 2.26. The molecule has 0 amide bonds. The highest BCUT2D eigenvalue weighted by Crippen LogP contribution is 2.25. The summed E-state index contributed by atoms with van der Waals surface area (Å²) in [6.45, 7) is 5.51. The van der Waals surface area contributed by atoms with Crippen molar-refractivity contribution in [2.45, 2.75) is 25.5 Å². The molecule has 0 aliphatic carbocycles. The van der Waals surface area contributed by atoms with Crippen molar-refractivity contribution in [3.8, 4) is 0 Å². The highest BCUT2D eigenvalue weighted by atomic mass is 32.2. The van der Waals surface area contributed by atoms with E-state index >= 15 is 0 Å². The molecule has 0 aliphatic rings. The maximum atomic E-state index is 11.0. The topological polar surface area (TPSA) is 37.3 Å². The van der Waals surface area contributed by atoms with Crippen molar-refractivity contribution in [3.63, 3.8) is 0 Å². The summed E-state index contributed by atoms with van der Waals surface area (Å²) in [4.78, 5) is 0. The van der Waals surface area contributed by atoms with E-state index in [0.717, 1.165) is 11.1 Å². The van der Waals surface area contributed by atoms with Crippen molar-refractivity contribution in [3.05, 3.63) is 35.4 Å². The lowest BCUT2D eigenvalue weighted by Gasteiger charge is -2.20. The third kappa shape index (κ3) is 2.17. The average molecular weight is 198 g/mol. The summed E-state index contributed by atoms with van der Waals surface area (Å²) in [6, 6.07) is 7.68. The van der Waals surface area contributed by atoms with E-state index < -0.39 is 15.8 Å². The Labute approximate surface area is 81.3 Å². The molecule has 0 aromatic heterocycles. The van der Waals surface area contributed by atoms with Gasteiger partial charge in [0.2, 0.25) is 0 Å². The van der Waals surface area contributed by atoms with Gasteiger partial charge in [-0.1, -0.05) is 29.8 Å². The van der Waals surface area contributed by atoms with E-state index in [0.29, 0.717) is 0 Å². The molecule has 13 heavy (non-hydrogen) atoms. The first kappa shape index (κ1) is 10.4. The zero-order valence-corrected chi connectivity index (χ0v) is 8.89. The van der Waals surface area contributed by atoms with Crippen LogP contribution >= 0.6 is 0 Å². The Morgan fingerprint density at radius 2 is 1.69 bits per heavy atom. The number of aryl methyl sites for hydroxylation is 1. The molecule has 0 spiro atoms. The van der Waals surface area contributed by atoms with Gasteiger partial charge in [-0.3, -0.25) is 0 Å². The van der Waals surface area contributed by atoms with Crippen molar-refractivity contribution < 1.29 is 8.76 Å². The second-order valence-electron chi connectivity index (χ2n) is 3.63. The Morgan fingerprint density at radius 3 is 2.08 bits per heavy atom. The zero-order chi connectivity index (χ0) is 10.1. The van der Waals surface area contributed by atoms with Crippen molar-refractivity contribution >= 4 is 11.1 Å². The number of benzene rings is 1. The largest absolute Gasteiger partial charge is 0.305 e. The molecule has 0 fully saturated rings. The SMILES string of the molecule is Cc1ccc(C(C)(C)S(=O)O)cc1. The van der Waals surface area contributed by atoms with Gasteiger partial charge in [-0.2, -0.15) is 0 Å². The molecule has 1 aromatic carbocycles. The van der Waals surface area contributed by atoms with E-state index in [4.69, 9.17) is 4.55 Å². The molecule has 1 N–H and O–H groups in total. The van der Waals surface area contributed by atoms with Crippen molar-refractivity contribution in [2.24, 2.45) is 0 Å². The van der Waals surface area contributed by atoms with Gasteiger partial charge in [0, 0.05) is 0 Å². The van der Waals surface area contributed by atoms with Crippen LogP contribution in [0.4, 0.5) is 0 Å². The normalized spacial score (nSPS) is 14.2. The highest BCUT2D eigenvalue weighted by molar-refractivity contribution is 7.80. The van der Waals surface area contributed by atoms with Gasteiger partial charge in [0.1, 0.15) is 0 Å². The molecule has 3 heteroatoms. The molecule has 0 aliphatic heterocycles. The third-order valence-electron chi connectivity index (χ3n) is 2.18. The van der Waals surface area contributed by atoms with Crippen LogP contribution in [0.2, 0.25) is 0 Å². The van der Waals surface area contributed by atoms with Crippen molar-refractivity contribution in [2.75, 3.05) is 0 Å². The zero-order valence-electron chi connectivity index (χ0n) is 8.07. The molecule has 0 bridgehead atoms. The van der Waals surface area contributed by atoms with Gasteiger partial charge in [-0.05, 0) is 26.3 Å². The molecule has 0 radical (unpaired) electrons. The van der Waals surface area contributed by atoms with E-state index in [1.807, 2.05) is 31.2 Å². The summed E-state index contributed by atoms with van der Waals surface area (Å²) in [5, 5.41) is 0. The molecule has 0 saturated carbocycles. The van der Waals surface area contributed by atoms with Crippen LogP contribution in [0.25, 0.3) is 0 Å². The Kier molecular flexibility index (Phi) is 2.88. The minimum absolute atomic E-state index is 0.687. The van der Waals surface area contributed by atoms with Crippen LogP contribution in [0.1, 0.15) is 25.0 Å². The summed E-state index contributed by atoms with van der Waals surface area (Å²) in [5.74, 6) is 0. The number of rotatable bonds is 2. The molecule has 72 valence electrons. The molecule has 0 heterocycles. The predicted octanol–water partition coefficient (Wildman–Crippen LogP) is 2.45. The number of hydrogen-bond acceptors (Lipinski definition) is 1. The first-order valence-electron chi connectivity index (χ1n) is 4.12. The van der Waals surface area contributed by atoms with Crippen molar-refractivity contribution in [1.82, 2.24) is 0 Å². The molecule has 1 rings (SSSR count). The summed E-state index contributed by atoms with van der Waals surface area (Å²) in [6.07, 6.45) is 0. The quantitative estimate of drug-likeness (QED) is 0.741. The van der Waals surface area contributed by atoms with Gasteiger partial charge in [-0.15, -0.1) is 0 Å². The maximum absolute atomic E-state index is 11.0. The Morgan fingerprint density at radius 1 is 1.23 bits per heavy atom. The monoisotopic (exact) mass is 198 g/mol. The summed E-state index contributed by atoms with van der Waals surface area (Å²) < 4.78 is 19.4. The van der Waals surface area contributed by atoms with Crippen LogP contribution in [0, 0.1) is 6.92 Å². The minimum Gasteiger partial charge on any atom is -0.305 e. The molecule has 2 nitrogen and oxygen atoms in total. The van der Waals surface area contributed by atoms with E-state index in [1.165, 1.54) is 0 Å². The molecule has 1 atom stereocenters. The van der Waals surface area contributed by atoms with E-state index in [9.17, 15) is 4.21 Å². The van der Waals surface area contributed by atoms with E-state index in [2.05, 4.69) is 0 Å². The van der Waals surface area contributed by atoms with Gasteiger partial charge in [-0.25, -0.2) is 4.21 Å². The second kappa shape index (κ2) is 3.60. The van der Waals surface area contributed by atoms with Crippen LogP contribution in [0.15, 0.2) is 24.3 Å². The van der Waals surface area contributed by atoms with Gasteiger partial charge < -0.3 is 4.55 Å². The van der Waals surface area contributed by atoms with Gasteiger partial charge >= 0.3 is 0 Å². The van der Waals surface area contributed by atoms with Gasteiger partial charge in [0.05, 0.1) is 4.75 Å². The van der Waals surface area contributed by atoms with Crippen LogP contribution in [0.5, 0.6) is 0 Å².